The molecule has 6 nitrogen and oxygen atoms in total. The van der Waals surface area contributed by atoms with Crippen LogP contribution in [0.4, 0.5) is 0 Å². The Bertz CT molecular complexity index is 644. The first-order chi connectivity index (χ1) is 11.0. The summed E-state index contributed by atoms with van der Waals surface area (Å²) in [4.78, 5) is 6.74. The zero-order chi connectivity index (χ0) is 16.4. The predicted molar refractivity (Wildman–Crippen MR) is 87.7 cm³/mol. The number of ether oxygens (including phenoxy) is 1. The van der Waals surface area contributed by atoms with Gasteiger partial charge in [0, 0.05) is 57.3 Å². The molecule has 3 heterocycles. The molecule has 0 saturated carbocycles. The van der Waals surface area contributed by atoms with Crippen molar-refractivity contribution in [2.24, 2.45) is 0 Å². The second-order valence-electron chi connectivity index (χ2n) is 6.44. The van der Waals surface area contributed by atoms with E-state index in [4.69, 9.17) is 4.74 Å². The van der Waals surface area contributed by atoms with E-state index < -0.39 is 10.0 Å². The van der Waals surface area contributed by atoms with Crippen molar-refractivity contribution in [2.45, 2.75) is 43.7 Å². The molecule has 128 valence electrons. The fourth-order valence-corrected chi connectivity index (χ4v) is 5.34. The molecule has 0 bridgehead atoms. The number of aromatic nitrogens is 1. The van der Waals surface area contributed by atoms with Crippen molar-refractivity contribution >= 4 is 10.0 Å². The Balaban J connectivity index is 1.74. The highest BCUT2D eigenvalue weighted by atomic mass is 32.2. The molecule has 23 heavy (non-hydrogen) atoms. The lowest BCUT2D eigenvalue weighted by Gasteiger charge is -2.43. The summed E-state index contributed by atoms with van der Waals surface area (Å²) in [6, 6.07) is 2.24. The van der Waals surface area contributed by atoms with Crippen molar-refractivity contribution < 1.29 is 13.2 Å². The molecule has 2 fully saturated rings. The zero-order valence-corrected chi connectivity index (χ0v) is 14.6. The van der Waals surface area contributed by atoms with Gasteiger partial charge in [0.15, 0.2) is 0 Å². The van der Waals surface area contributed by atoms with E-state index in [9.17, 15) is 8.42 Å². The van der Waals surface area contributed by atoms with E-state index in [0.717, 1.165) is 44.7 Å². The van der Waals surface area contributed by atoms with E-state index in [1.807, 2.05) is 13.8 Å². The van der Waals surface area contributed by atoms with Crippen molar-refractivity contribution in [3.8, 4) is 0 Å². The molecule has 0 N–H and O–H groups in total. The first-order valence-corrected chi connectivity index (χ1v) is 9.68. The minimum Gasteiger partial charge on any atom is -0.381 e. The number of hydrogen-bond donors (Lipinski definition) is 0. The minimum atomic E-state index is -3.48. The van der Waals surface area contributed by atoms with Crippen LogP contribution < -0.4 is 0 Å². The van der Waals surface area contributed by atoms with E-state index in [1.54, 1.807) is 16.6 Å². The molecule has 1 atom stereocenters. The van der Waals surface area contributed by atoms with Gasteiger partial charge < -0.3 is 4.74 Å². The molecule has 1 aromatic rings. The Morgan fingerprint density at radius 1 is 1.26 bits per heavy atom. The molecule has 0 unspecified atom stereocenters. The first-order valence-electron chi connectivity index (χ1n) is 8.24. The highest BCUT2D eigenvalue weighted by molar-refractivity contribution is 7.89. The Hall–Kier alpha value is -1.02. The Morgan fingerprint density at radius 2 is 2.00 bits per heavy atom. The van der Waals surface area contributed by atoms with Gasteiger partial charge in [-0.2, -0.15) is 4.31 Å². The third-order valence-corrected chi connectivity index (χ3v) is 7.03. The summed E-state index contributed by atoms with van der Waals surface area (Å²) < 4.78 is 33.0. The lowest BCUT2D eigenvalue weighted by Crippen LogP contribution is -2.57. The Labute approximate surface area is 138 Å². The quantitative estimate of drug-likeness (QED) is 0.830. The van der Waals surface area contributed by atoms with E-state index in [-0.39, 0.29) is 6.04 Å². The number of pyridine rings is 1. The van der Waals surface area contributed by atoms with Gasteiger partial charge in [0.25, 0.3) is 0 Å². The highest BCUT2D eigenvalue weighted by Crippen LogP contribution is 2.25. The molecule has 1 aromatic heterocycles. The molecular formula is C16H25N3O3S. The lowest BCUT2D eigenvalue weighted by molar-refractivity contribution is 0.0137. The smallest absolute Gasteiger partial charge is 0.245 e. The second-order valence-corrected chi connectivity index (χ2v) is 8.30. The zero-order valence-electron chi connectivity index (χ0n) is 13.8. The van der Waals surface area contributed by atoms with Crippen molar-refractivity contribution in [1.29, 1.82) is 0 Å². The van der Waals surface area contributed by atoms with Gasteiger partial charge in [-0.25, -0.2) is 8.42 Å². The average molecular weight is 339 g/mol. The summed E-state index contributed by atoms with van der Waals surface area (Å²) in [5, 5.41) is 0. The molecule has 2 aliphatic rings. The van der Waals surface area contributed by atoms with Crippen LogP contribution in [0.2, 0.25) is 0 Å². The molecule has 7 heteroatoms. The van der Waals surface area contributed by atoms with Gasteiger partial charge in [-0.1, -0.05) is 0 Å². The number of hydrogen-bond acceptors (Lipinski definition) is 5. The van der Waals surface area contributed by atoms with E-state index >= 15 is 0 Å². The molecule has 0 aromatic carbocycles. The molecular weight excluding hydrogens is 314 g/mol. The van der Waals surface area contributed by atoms with E-state index in [0.29, 0.717) is 17.5 Å². The van der Waals surface area contributed by atoms with Crippen LogP contribution in [0, 0.1) is 6.92 Å². The molecule has 0 amide bonds. The number of sulfonamides is 1. The van der Waals surface area contributed by atoms with Gasteiger partial charge in [-0.15, -0.1) is 0 Å². The van der Waals surface area contributed by atoms with Crippen LogP contribution in [0.3, 0.4) is 0 Å². The number of nitrogens with zero attached hydrogens (tertiary/aromatic N) is 3. The summed E-state index contributed by atoms with van der Waals surface area (Å²) in [5.41, 5.74) is 0.749. The monoisotopic (exact) mass is 339 g/mol. The maximum Gasteiger partial charge on any atom is 0.245 e. The third kappa shape index (κ3) is 3.42. The van der Waals surface area contributed by atoms with Gasteiger partial charge in [0.05, 0.1) is 0 Å². The summed E-state index contributed by atoms with van der Waals surface area (Å²) in [6.45, 7) is 7.54. The summed E-state index contributed by atoms with van der Waals surface area (Å²) in [5.74, 6) is 0. The number of piperazine rings is 1. The van der Waals surface area contributed by atoms with Gasteiger partial charge in [0.1, 0.15) is 4.90 Å². The molecule has 2 saturated heterocycles. The molecule has 2 aliphatic heterocycles. The minimum absolute atomic E-state index is 0.0313. The maximum atomic E-state index is 12.9. The Morgan fingerprint density at radius 3 is 2.65 bits per heavy atom. The standard InChI is InChI=1S/C16H25N3O3S/c1-13-3-6-17-11-16(13)23(20,21)19-8-7-18(12-14(19)2)15-4-9-22-10-5-15/h3,6,11,14-15H,4-5,7-10,12H2,1-2H3/t14-/m1/s1. The van der Waals surface area contributed by atoms with E-state index in [1.165, 1.54) is 6.20 Å². The lowest BCUT2D eigenvalue weighted by atomic mass is 10.1. The average Bonchev–Trinajstić information content (AvgIpc) is 2.55. The van der Waals surface area contributed by atoms with Gasteiger partial charge in [-0.05, 0) is 38.3 Å². The van der Waals surface area contributed by atoms with E-state index in [2.05, 4.69) is 9.88 Å². The van der Waals surface area contributed by atoms with Crippen LogP contribution in [0.15, 0.2) is 23.4 Å². The van der Waals surface area contributed by atoms with Crippen LogP contribution in [0.25, 0.3) is 0 Å². The SMILES string of the molecule is Cc1ccncc1S(=O)(=O)N1CCN(C2CCOCC2)C[C@H]1C. The summed E-state index contributed by atoms with van der Waals surface area (Å²) in [7, 11) is -3.48. The Kier molecular flexibility index (Phi) is 5.01. The summed E-state index contributed by atoms with van der Waals surface area (Å²) >= 11 is 0. The van der Waals surface area contributed by atoms with Gasteiger partial charge >= 0.3 is 0 Å². The molecule has 0 aliphatic carbocycles. The fraction of sp³-hybridized carbons (Fsp3) is 0.688. The van der Waals surface area contributed by atoms with Crippen LogP contribution >= 0.6 is 0 Å². The van der Waals surface area contributed by atoms with Crippen molar-refractivity contribution in [1.82, 2.24) is 14.2 Å². The van der Waals surface area contributed by atoms with Crippen LogP contribution in [-0.4, -0.2) is 67.5 Å². The number of aryl methyl sites for hydroxylation is 1. The normalized spacial score (nSPS) is 25.6. The largest absolute Gasteiger partial charge is 0.381 e. The van der Waals surface area contributed by atoms with Crippen LogP contribution in [-0.2, 0) is 14.8 Å². The molecule has 3 rings (SSSR count). The number of rotatable bonds is 3. The maximum absolute atomic E-state index is 12.9. The van der Waals surface area contributed by atoms with Crippen molar-refractivity contribution in [2.75, 3.05) is 32.8 Å². The van der Waals surface area contributed by atoms with Crippen molar-refractivity contribution in [3.63, 3.8) is 0 Å². The van der Waals surface area contributed by atoms with Crippen LogP contribution in [0.1, 0.15) is 25.3 Å². The summed E-state index contributed by atoms with van der Waals surface area (Å²) in [6.07, 6.45) is 5.17. The predicted octanol–water partition coefficient (Wildman–Crippen LogP) is 1.26. The van der Waals surface area contributed by atoms with Crippen molar-refractivity contribution in [3.05, 3.63) is 24.0 Å². The van der Waals surface area contributed by atoms with Crippen LogP contribution in [0.5, 0.6) is 0 Å². The fourth-order valence-electron chi connectivity index (χ4n) is 3.55. The molecule has 0 radical (unpaired) electrons. The van der Waals surface area contributed by atoms with Gasteiger partial charge in [-0.3, -0.25) is 9.88 Å². The molecule has 0 spiro atoms. The highest BCUT2D eigenvalue weighted by Gasteiger charge is 2.36. The first kappa shape index (κ1) is 16.8. The topological polar surface area (TPSA) is 62.7 Å². The third-order valence-electron chi connectivity index (χ3n) is 4.88. The second kappa shape index (κ2) is 6.84. The van der Waals surface area contributed by atoms with Gasteiger partial charge in [0.2, 0.25) is 10.0 Å².